The molecule has 0 saturated heterocycles. The van der Waals surface area contributed by atoms with Crippen LogP contribution in [0.3, 0.4) is 0 Å². The fourth-order valence-electron chi connectivity index (χ4n) is 0.658. The molecule has 1 aromatic rings. The number of hydrogen-bond donors (Lipinski definition) is 0. The highest BCUT2D eigenvalue weighted by Gasteiger charge is 1.91. The zero-order valence-corrected chi connectivity index (χ0v) is 6.39. The molecule has 0 amide bonds. The Morgan fingerprint density at radius 1 is 1.27 bits per heavy atom. The molecule has 0 aliphatic heterocycles. The van der Waals surface area contributed by atoms with Crippen molar-refractivity contribution in [3.63, 3.8) is 0 Å². The van der Waals surface area contributed by atoms with Crippen molar-refractivity contribution in [3.8, 4) is 17.9 Å². The van der Waals surface area contributed by atoms with Gasteiger partial charge in [-0.25, -0.2) is 0 Å². The molecule has 1 rings (SSSR count). The Labute approximate surface area is 70.2 Å². The predicted octanol–water partition coefficient (Wildman–Crippen LogP) is 2.22. The second kappa shape index (κ2) is 3.66. The van der Waals surface area contributed by atoms with Gasteiger partial charge in [0.1, 0.15) is 0 Å². The summed E-state index contributed by atoms with van der Waals surface area (Å²) < 4.78 is 0. The monoisotopic (exact) mass is 161 g/mol. The number of hydrogen-bond acceptors (Lipinski definition) is 1. The van der Waals surface area contributed by atoms with Gasteiger partial charge < -0.3 is 0 Å². The van der Waals surface area contributed by atoms with E-state index in [1.54, 1.807) is 18.2 Å². The molecule has 52 valence electrons. The fourth-order valence-corrected chi connectivity index (χ4v) is 0.841. The first kappa shape index (κ1) is 7.66. The van der Waals surface area contributed by atoms with Crippen LogP contribution in [0, 0.1) is 23.2 Å². The number of nitriles is 1. The molecule has 0 N–H and O–H groups in total. The van der Waals surface area contributed by atoms with E-state index in [0.29, 0.717) is 10.6 Å². The smallest absolute Gasteiger partial charge is 0.152 e. The van der Waals surface area contributed by atoms with E-state index in [1.165, 1.54) is 0 Å². The Morgan fingerprint density at radius 3 is 2.64 bits per heavy atom. The van der Waals surface area contributed by atoms with Crippen LogP contribution in [-0.2, 0) is 0 Å². The van der Waals surface area contributed by atoms with Gasteiger partial charge >= 0.3 is 0 Å². The van der Waals surface area contributed by atoms with Crippen molar-refractivity contribution in [1.29, 1.82) is 5.26 Å². The van der Waals surface area contributed by atoms with E-state index in [0.717, 1.165) is 0 Å². The van der Waals surface area contributed by atoms with Crippen LogP contribution in [0.15, 0.2) is 24.3 Å². The summed E-state index contributed by atoms with van der Waals surface area (Å²) in [6.45, 7) is 0. The van der Waals surface area contributed by atoms with Crippen molar-refractivity contribution in [2.24, 2.45) is 0 Å². The topological polar surface area (TPSA) is 23.8 Å². The Kier molecular flexibility index (Phi) is 2.55. The van der Waals surface area contributed by atoms with Gasteiger partial charge in [-0.15, -0.1) is 0 Å². The molecule has 0 unspecified atom stereocenters. The van der Waals surface area contributed by atoms with Crippen LogP contribution in [0.25, 0.3) is 0 Å². The van der Waals surface area contributed by atoms with Crippen molar-refractivity contribution in [2.75, 3.05) is 0 Å². The van der Waals surface area contributed by atoms with E-state index in [1.807, 2.05) is 12.1 Å². The van der Waals surface area contributed by atoms with Crippen molar-refractivity contribution >= 4 is 11.6 Å². The zero-order valence-electron chi connectivity index (χ0n) is 5.63. The number of nitrogens with zero attached hydrogens (tertiary/aromatic N) is 1. The molecule has 0 saturated carbocycles. The molecule has 2 heteroatoms. The van der Waals surface area contributed by atoms with Crippen molar-refractivity contribution in [2.45, 2.75) is 0 Å². The van der Waals surface area contributed by atoms with Crippen LogP contribution in [0.4, 0.5) is 0 Å². The molecule has 0 atom stereocenters. The van der Waals surface area contributed by atoms with Gasteiger partial charge in [-0.05, 0) is 18.1 Å². The van der Waals surface area contributed by atoms with E-state index in [-0.39, 0.29) is 0 Å². The van der Waals surface area contributed by atoms with E-state index < -0.39 is 0 Å². The van der Waals surface area contributed by atoms with Crippen LogP contribution < -0.4 is 0 Å². The number of rotatable bonds is 0. The summed E-state index contributed by atoms with van der Waals surface area (Å²) in [5.74, 6) is 4.90. The summed E-state index contributed by atoms with van der Waals surface area (Å²) in [6.07, 6.45) is 0. The largest absolute Gasteiger partial charge is 0.183 e. The Morgan fingerprint density at radius 2 is 2.00 bits per heavy atom. The average molecular weight is 162 g/mol. The van der Waals surface area contributed by atoms with Crippen molar-refractivity contribution in [3.05, 3.63) is 34.9 Å². The lowest BCUT2D eigenvalue weighted by Crippen LogP contribution is -1.73. The second-order valence-electron chi connectivity index (χ2n) is 1.84. The van der Waals surface area contributed by atoms with Gasteiger partial charge in [0.15, 0.2) is 6.07 Å². The highest BCUT2D eigenvalue weighted by atomic mass is 35.5. The average Bonchev–Trinajstić information content (AvgIpc) is 2.03. The minimum Gasteiger partial charge on any atom is -0.183 e. The molecule has 11 heavy (non-hydrogen) atoms. The number of benzene rings is 1. The first-order valence-electron chi connectivity index (χ1n) is 2.99. The molecule has 0 aliphatic rings. The van der Waals surface area contributed by atoms with Gasteiger partial charge in [0.25, 0.3) is 0 Å². The molecule has 0 aliphatic carbocycles. The SMILES string of the molecule is N#CC#Cc1ccccc1Cl. The van der Waals surface area contributed by atoms with Gasteiger partial charge in [-0.1, -0.05) is 23.7 Å². The minimum atomic E-state index is 0.579. The quantitative estimate of drug-likeness (QED) is 0.536. The van der Waals surface area contributed by atoms with Crippen LogP contribution in [-0.4, -0.2) is 0 Å². The third kappa shape index (κ3) is 2.00. The molecule has 0 radical (unpaired) electrons. The minimum absolute atomic E-state index is 0.579. The van der Waals surface area contributed by atoms with Crippen LogP contribution in [0.1, 0.15) is 5.56 Å². The maximum absolute atomic E-state index is 8.15. The molecule has 0 spiro atoms. The van der Waals surface area contributed by atoms with Gasteiger partial charge in [0.2, 0.25) is 0 Å². The fraction of sp³-hybridized carbons (Fsp3) is 0. The summed E-state index contributed by atoms with van der Waals surface area (Å²) >= 11 is 5.75. The van der Waals surface area contributed by atoms with Crippen LogP contribution in [0.2, 0.25) is 5.02 Å². The predicted molar refractivity (Wildman–Crippen MR) is 43.9 cm³/mol. The molecule has 0 aromatic heterocycles. The third-order valence-electron chi connectivity index (χ3n) is 1.13. The van der Waals surface area contributed by atoms with Gasteiger partial charge in [0, 0.05) is 11.5 Å². The molecule has 0 fully saturated rings. The van der Waals surface area contributed by atoms with Crippen LogP contribution >= 0.6 is 11.6 Å². The highest BCUT2D eigenvalue weighted by Crippen LogP contribution is 2.12. The summed E-state index contributed by atoms with van der Waals surface area (Å²) in [7, 11) is 0. The highest BCUT2D eigenvalue weighted by molar-refractivity contribution is 6.31. The van der Waals surface area contributed by atoms with Crippen molar-refractivity contribution in [1.82, 2.24) is 0 Å². The molecule has 1 aromatic carbocycles. The standard InChI is InChI=1S/C9H4ClN/c10-9-6-2-1-4-8(9)5-3-7-11/h1-2,4,6H. The lowest BCUT2D eigenvalue weighted by Gasteiger charge is -1.90. The van der Waals surface area contributed by atoms with Gasteiger partial charge in [-0.3, -0.25) is 0 Å². The second-order valence-corrected chi connectivity index (χ2v) is 2.25. The Bertz CT molecular complexity index is 352. The lowest BCUT2D eigenvalue weighted by atomic mass is 10.2. The maximum Gasteiger partial charge on any atom is 0.152 e. The Hall–Kier alpha value is -1.44. The third-order valence-corrected chi connectivity index (χ3v) is 1.46. The van der Waals surface area contributed by atoms with E-state index in [4.69, 9.17) is 16.9 Å². The molecule has 0 heterocycles. The summed E-state index contributed by atoms with van der Waals surface area (Å²) in [4.78, 5) is 0. The van der Waals surface area contributed by atoms with Crippen LogP contribution in [0.5, 0.6) is 0 Å². The maximum atomic E-state index is 8.15. The van der Waals surface area contributed by atoms with Crippen molar-refractivity contribution < 1.29 is 0 Å². The summed E-state index contributed by atoms with van der Waals surface area (Å²) in [5.41, 5.74) is 0.690. The molecule has 1 nitrogen and oxygen atoms in total. The summed E-state index contributed by atoms with van der Waals surface area (Å²) in [5, 5.41) is 8.73. The first-order chi connectivity index (χ1) is 5.34. The zero-order chi connectivity index (χ0) is 8.10. The molecular weight excluding hydrogens is 158 g/mol. The van der Waals surface area contributed by atoms with E-state index in [2.05, 4.69) is 11.8 Å². The summed E-state index contributed by atoms with van der Waals surface area (Å²) in [6, 6.07) is 8.88. The Balaban J connectivity index is 3.07. The van der Waals surface area contributed by atoms with E-state index >= 15 is 0 Å². The first-order valence-corrected chi connectivity index (χ1v) is 3.37. The van der Waals surface area contributed by atoms with E-state index in [9.17, 15) is 0 Å². The van der Waals surface area contributed by atoms with Gasteiger partial charge in [0.05, 0.1) is 5.02 Å². The molecule has 0 bridgehead atoms. The molecular formula is C9H4ClN. The lowest BCUT2D eigenvalue weighted by molar-refractivity contribution is 1.55. The number of halogens is 1. The van der Waals surface area contributed by atoms with Gasteiger partial charge in [-0.2, -0.15) is 5.26 Å². The normalized spacial score (nSPS) is 7.64.